The van der Waals surface area contributed by atoms with Crippen molar-refractivity contribution in [3.8, 4) is 11.3 Å². The SMILES string of the molecule is CCCCc1onc(-c2ccccc2)c1[Se]c1ccccc1. The van der Waals surface area contributed by atoms with Gasteiger partial charge in [-0.05, 0) is 0 Å². The number of rotatable bonds is 6. The van der Waals surface area contributed by atoms with Crippen LogP contribution in [0.25, 0.3) is 11.3 Å². The molecule has 0 N–H and O–H groups in total. The first kappa shape index (κ1) is 15.1. The average Bonchev–Trinajstić information content (AvgIpc) is 2.97. The molecule has 0 amide bonds. The van der Waals surface area contributed by atoms with E-state index in [9.17, 15) is 0 Å². The molecule has 3 heteroatoms. The van der Waals surface area contributed by atoms with E-state index in [1.165, 1.54) is 15.3 Å². The van der Waals surface area contributed by atoms with Gasteiger partial charge in [0.15, 0.2) is 0 Å². The first-order valence-corrected chi connectivity index (χ1v) is 9.36. The van der Waals surface area contributed by atoms with Crippen LogP contribution in [0.3, 0.4) is 0 Å². The number of benzene rings is 2. The number of unbranched alkanes of at least 4 members (excludes halogenated alkanes) is 1. The fourth-order valence-corrected chi connectivity index (χ4v) is 4.47. The molecule has 3 aromatic rings. The molecular weight excluding hydrogens is 337 g/mol. The summed E-state index contributed by atoms with van der Waals surface area (Å²) < 4.78 is 8.34. The Bertz CT molecular complexity index is 707. The van der Waals surface area contributed by atoms with Gasteiger partial charge in [0.1, 0.15) is 0 Å². The molecule has 0 atom stereocenters. The summed E-state index contributed by atoms with van der Waals surface area (Å²) in [6, 6.07) is 21.0. The molecule has 0 aliphatic heterocycles. The van der Waals surface area contributed by atoms with Gasteiger partial charge in [-0.1, -0.05) is 0 Å². The van der Waals surface area contributed by atoms with Gasteiger partial charge in [-0.25, -0.2) is 0 Å². The Morgan fingerprint density at radius 3 is 2.32 bits per heavy atom. The monoisotopic (exact) mass is 357 g/mol. The molecule has 0 aliphatic carbocycles. The molecule has 3 rings (SSSR count). The van der Waals surface area contributed by atoms with Gasteiger partial charge in [-0.15, -0.1) is 0 Å². The predicted octanol–water partition coefficient (Wildman–Crippen LogP) is 3.34. The summed E-state index contributed by atoms with van der Waals surface area (Å²) in [7, 11) is 0. The molecule has 0 unspecified atom stereocenters. The van der Waals surface area contributed by atoms with Crippen molar-refractivity contribution in [3.63, 3.8) is 0 Å². The zero-order valence-electron chi connectivity index (χ0n) is 12.7. The number of nitrogens with zero attached hydrogens (tertiary/aromatic N) is 1. The average molecular weight is 356 g/mol. The molecule has 1 heterocycles. The van der Waals surface area contributed by atoms with Crippen molar-refractivity contribution >= 4 is 23.9 Å². The maximum atomic E-state index is 5.69. The summed E-state index contributed by atoms with van der Waals surface area (Å²) in [5.41, 5.74) is 2.15. The standard InChI is InChI=1S/C19H19NOSe/c1-2-3-14-17-19(22-16-12-8-5-9-13-16)18(20-21-17)15-10-6-4-7-11-15/h4-13H,2-3,14H2,1H3. The van der Waals surface area contributed by atoms with Crippen molar-refractivity contribution in [1.82, 2.24) is 5.16 Å². The van der Waals surface area contributed by atoms with E-state index in [-0.39, 0.29) is 15.0 Å². The molecule has 0 bridgehead atoms. The summed E-state index contributed by atoms with van der Waals surface area (Å²) in [5, 5.41) is 4.38. The molecule has 0 aliphatic rings. The van der Waals surface area contributed by atoms with Crippen LogP contribution >= 0.6 is 0 Å². The van der Waals surface area contributed by atoms with Gasteiger partial charge in [0.05, 0.1) is 0 Å². The first-order chi connectivity index (χ1) is 10.9. The first-order valence-electron chi connectivity index (χ1n) is 7.65. The van der Waals surface area contributed by atoms with Gasteiger partial charge in [-0.3, -0.25) is 0 Å². The third-order valence-corrected chi connectivity index (χ3v) is 5.86. The third kappa shape index (κ3) is 3.49. The second-order valence-corrected chi connectivity index (χ2v) is 7.44. The van der Waals surface area contributed by atoms with Crippen LogP contribution < -0.4 is 8.92 Å². The van der Waals surface area contributed by atoms with Crippen molar-refractivity contribution in [3.05, 3.63) is 66.4 Å². The summed E-state index contributed by atoms with van der Waals surface area (Å²) in [5.74, 6) is 1.06. The molecular formula is C19H19NOSe. The molecule has 0 saturated heterocycles. The van der Waals surface area contributed by atoms with Crippen molar-refractivity contribution in [1.29, 1.82) is 0 Å². The van der Waals surface area contributed by atoms with E-state index in [0.29, 0.717) is 0 Å². The van der Waals surface area contributed by atoms with Crippen LogP contribution in [0.4, 0.5) is 0 Å². The van der Waals surface area contributed by atoms with E-state index in [0.717, 1.165) is 29.9 Å². The van der Waals surface area contributed by atoms with Crippen LogP contribution in [0.2, 0.25) is 0 Å². The van der Waals surface area contributed by atoms with Gasteiger partial charge >= 0.3 is 137 Å². The Morgan fingerprint density at radius 2 is 1.64 bits per heavy atom. The predicted molar refractivity (Wildman–Crippen MR) is 92.0 cm³/mol. The van der Waals surface area contributed by atoms with Crippen LogP contribution in [0.5, 0.6) is 0 Å². The Kier molecular flexibility index (Phi) is 5.10. The van der Waals surface area contributed by atoms with Gasteiger partial charge in [0.2, 0.25) is 0 Å². The van der Waals surface area contributed by atoms with Crippen molar-refractivity contribution in [2.75, 3.05) is 0 Å². The maximum absolute atomic E-state index is 5.69. The zero-order valence-corrected chi connectivity index (χ0v) is 14.4. The van der Waals surface area contributed by atoms with Crippen LogP contribution in [-0.4, -0.2) is 20.1 Å². The van der Waals surface area contributed by atoms with Crippen LogP contribution in [-0.2, 0) is 6.42 Å². The molecule has 2 aromatic carbocycles. The number of aromatic nitrogens is 1. The Hall–Kier alpha value is -1.83. The molecule has 1 aromatic heterocycles. The summed E-state index contributed by atoms with van der Waals surface area (Å²) in [6.45, 7) is 2.20. The van der Waals surface area contributed by atoms with E-state index in [4.69, 9.17) is 4.52 Å². The van der Waals surface area contributed by atoms with Crippen molar-refractivity contribution in [2.24, 2.45) is 0 Å². The Labute approximate surface area is 137 Å². The van der Waals surface area contributed by atoms with Crippen molar-refractivity contribution in [2.45, 2.75) is 26.2 Å². The molecule has 0 radical (unpaired) electrons. The zero-order chi connectivity index (χ0) is 15.2. The normalized spacial score (nSPS) is 10.8. The summed E-state index contributed by atoms with van der Waals surface area (Å²) in [4.78, 5) is 0. The summed E-state index contributed by atoms with van der Waals surface area (Å²) >= 11 is 0.218. The van der Waals surface area contributed by atoms with Gasteiger partial charge in [-0.2, -0.15) is 0 Å². The molecule has 2 nitrogen and oxygen atoms in total. The third-order valence-electron chi connectivity index (χ3n) is 3.48. The molecule has 22 heavy (non-hydrogen) atoms. The Morgan fingerprint density at radius 1 is 0.955 bits per heavy atom. The minimum atomic E-state index is 0.218. The molecule has 0 saturated carbocycles. The van der Waals surface area contributed by atoms with E-state index in [1.807, 2.05) is 6.07 Å². The number of hydrogen-bond donors (Lipinski definition) is 0. The van der Waals surface area contributed by atoms with E-state index in [1.54, 1.807) is 0 Å². The quantitative estimate of drug-likeness (QED) is 0.633. The van der Waals surface area contributed by atoms with Gasteiger partial charge in [0, 0.05) is 0 Å². The Balaban J connectivity index is 1.98. The van der Waals surface area contributed by atoms with Crippen LogP contribution in [0.15, 0.2) is 65.2 Å². The van der Waals surface area contributed by atoms with Crippen molar-refractivity contribution < 1.29 is 4.52 Å². The minimum absolute atomic E-state index is 0.218. The van der Waals surface area contributed by atoms with Crippen LogP contribution in [0, 0.1) is 0 Å². The van der Waals surface area contributed by atoms with Crippen LogP contribution in [0.1, 0.15) is 25.5 Å². The van der Waals surface area contributed by atoms with E-state index in [2.05, 4.69) is 66.7 Å². The van der Waals surface area contributed by atoms with Gasteiger partial charge < -0.3 is 0 Å². The molecule has 112 valence electrons. The second kappa shape index (κ2) is 7.44. The fraction of sp³-hybridized carbons (Fsp3) is 0.211. The van der Waals surface area contributed by atoms with E-state index >= 15 is 0 Å². The summed E-state index contributed by atoms with van der Waals surface area (Å²) in [6.07, 6.45) is 3.28. The van der Waals surface area contributed by atoms with Gasteiger partial charge in [0.25, 0.3) is 0 Å². The fourth-order valence-electron chi connectivity index (χ4n) is 2.30. The number of aryl methyl sites for hydroxylation is 1. The number of hydrogen-bond acceptors (Lipinski definition) is 2. The van der Waals surface area contributed by atoms with E-state index < -0.39 is 0 Å². The second-order valence-electron chi connectivity index (χ2n) is 5.17. The molecule has 0 fully saturated rings. The topological polar surface area (TPSA) is 26.0 Å². The molecule has 0 spiro atoms.